The minimum Gasteiger partial charge on any atom is -0.488 e. The van der Waals surface area contributed by atoms with E-state index in [2.05, 4.69) is 25.1 Å². The monoisotopic (exact) mass is 662 g/mol. The van der Waals surface area contributed by atoms with E-state index in [1.165, 1.54) is 0 Å². The first-order chi connectivity index (χ1) is 24.4. The molecule has 0 amide bonds. The number of benzene rings is 7. The molecule has 7 aromatic rings. The van der Waals surface area contributed by atoms with Crippen molar-refractivity contribution >= 4 is 55.0 Å². The number of fused-ring (bicyclic) bond motifs is 4. The Bertz CT molecular complexity index is 2360. The largest absolute Gasteiger partial charge is 0.488 e. The molecule has 0 radical (unpaired) electrons. The van der Waals surface area contributed by atoms with Crippen LogP contribution in [0.1, 0.15) is 47.1 Å². The summed E-state index contributed by atoms with van der Waals surface area (Å²) in [6.07, 6.45) is -0.169. The Labute approximate surface area is 291 Å². The van der Waals surface area contributed by atoms with Gasteiger partial charge in [-0.3, -0.25) is 0 Å². The van der Waals surface area contributed by atoms with Crippen LogP contribution >= 0.6 is 0 Å². The van der Waals surface area contributed by atoms with Crippen molar-refractivity contribution in [3.05, 3.63) is 144 Å². The first-order valence-corrected chi connectivity index (χ1v) is 17.0. The highest BCUT2D eigenvalue weighted by molar-refractivity contribution is 6.11. The Hall–Kier alpha value is -5.88. The normalized spacial score (nSPS) is 12.5. The van der Waals surface area contributed by atoms with Gasteiger partial charge in [0.2, 0.25) is 0 Å². The van der Waals surface area contributed by atoms with Crippen molar-refractivity contribution in [3.63, 3.8) is 0 Å². The van der Waals surface area contributed by atoms with Crippen LogP contribution in [0.4, 0.5) is 0 Å². The van der Waals surface area contributed by atoms with Crippen molar-refractivity contribution in [2.75, 3.05) is 13.2 Å². The molecule has 250 valence electrons. The number of ether oxygens (including phenoxy) is 4. The smallest absolute Gasteiger partial charge is 0.338 e. The van der Waals surface area contributed by atoms with Gasteiger partial charge in [0.05, 0.1) is 11.1 Å². The molecule has 6 heteroatoms. The van der Waals surface area contributed by atoms with E-state index in [9.17, 15) is 9.59 Å². The van der Waals surface area contributed by atoms with Gasteiger partial charge in [-0.2, -0.15) is 0 Å². The van der Waals surface area contributed by atoms with E-state index in [1.807, 2.05) is 111 Å². The zero-order valence-corrected chi connectivity index (χ0v) is 28.3. The number of esters is 2. The zero-order chi connectivity index (χ0) is 34.6. The number of carbonyl (C=O) groups is 2. The van der Waals surface area contributed by atoms with Gasteiger partial charge >= 0.3 is 11.9 Å². The highest BCUT2D eigenvalue weighted by atomic mass is 16.6. The fraction of sp³-hybridized carbons (Fsp3) is 0.182. The van der Waals surface area contributed by atoms with Crippen molar-refractivity contribution < 1.29 is 28.5 Å². The molecule has 7 aromatic carbocycles. The van der Waals surface area contributed by atoms with Gasteiger partial charge in [-0.1, -0.05) is 104 Å². The number of rotatable bonds is 11. The molecular weight excluding hydrogens is 624 g/mol. The summed E-state index contributed by atoms with van der Waals surface area (Å²) in [5, 5.41) is 7.61. The highest BCUT2D eigenvalue weighted by Crippen LogP contribution is 2.43. The van der Waals surface area contributed by atoms with E-state index < -0.39 is 24.1 Å². The molecule has 2 unspecified atom stereocenters. The van der Waals surface area contributed by atoms with Gasteiger partial charge < -0.3 is 18.9 Å². The molecule has 7 rings (SSSR count). The molecule has 0 N–H and O–H groups in total. The Kier molecular flexibility index (Phi) is 9.35. The van der Waals surface area contributed by atoms with E-state index in [1.54, 1.807) is 12.1 Å². The number of hydrogen-bond donors (Lipinski definition) is 0. The molecule has 50 heavy (non-hydrogen) atoms. The fourth-order valence-electron chi connectivity index (χ4n) is 6.28. The summed E-state index contributed by atoms with van der Waals surface area (Å²) in [5.74, 6) is 0.597. The van der Waals surface area contributed by atoms with Crippen LogP contribution in [0.15, 0.2) is 127 Å². The summed E-state index contributed by atoms with van der Waals surface area (Å²) in [4.78, 5) is 26.1. The number of aryl methyl sites for hydroxylation is 1. The van der Waals surface area contributed by atoms with Crippen LogP contribution in [0, 0.1) is 0 Å². The molecular formula is C44H38O6. The second-order valence-corrected chi connectivity index (χ2v) is 12.6. The predicted molar refractivity (Wildman–Crippen MR) is 199 cm³/mol. The predicted octanol–water partition coefficient (Wildman–Crippen LogP) is 10.1. The fourth-order valence-corrected chi connectivity index (χ4v) is 6.28. The highest BCUT2D eigenvalue weighted by Gasteiger charge is 2.21. The molecule has 0 spiro atoms. The molecule has 0 fully saturated rings. The second-order valence-electron chi connectivity index (χ2n) is 12.6. The van der Waals surface area contributed by atoms with Crippen molar-refractivity contribution in [2.24, 2.45) is 0 Å². The molecule has 0 saturated carbocycles. The van der Waals surface area contributed by atoms with Crippen molar-refractivity contribution in [3.8, 4) is 11.5 Å². The van der Waals surface area contributed by atoms with Crippen LogP contribution in [-0.4, -0.2) is 37.4 Å². The maximum Gasteiger partial charge on any atom is 0.338 e. The molecule has 0 aliphatic rings. The molecule has 0 bridgehead atoms. The lowest BCUT2D eigenvalue weighted by molar-refractivity contribution is 0.0222. The molecule has 0 aliphatic carbocycles. The van der Waals surface area contributed by atoms with Crippen LogP contribution in [0.2, 0.25) is 0 Å². The summed E-state index contributed by atoms with van der Waals surface area (Å²) in [7, 11) is 0. The van der Waals surface area contributed by atoms with Crippen molar-refractivity contribution in [2.45, 2.75) is 39.4 Å². The summed E-state index contributed by atoms with van der Waals surface area (Å²) in [6.45, 7) is 6.10. The third-order valence-electron chi connectivity index (χ3n) is 8.91. The molecule has 0 aromatic heterocycles. The van der Waals surface area contributed by atoms with Gasteiger partial charge in [0.15, 0.2) is 0 Å². The van der Waals surface area contributed by atoms with Crippen LogP contribution in [0.5, 0.6) is 11.5 Å². The van der Waals surface area contributed by atoms with Gasteiger partial charge in [0.1, 0.15) is 36.9 Å². The Morgan fingerprint density at radius 1 is 0.500 bits per heavy atom. The van der Waals surface area contributed by atoms with E-state index in [4.69, 9.17) is 18.9 Å². The molecule has 6 nitrogen and oxygen atoms in total. The summed E-state index contributed by atoms with van der Waals surface area (Å²) in [6, 6.07) is 41.1. The topological polar surface area (TPSA) is 71.1 Å². The SMILES string of the molecule is CCc1ccc2c(OCC(C)OC(=O)c3ccc4ccccc4c3)c3ccccc3c(OCC(C)OC(=O)c3ccc4ccccc4c3)c2c1. The average molecular weight is 663 g/mol. The lowest BCUT2D eigenvalue weighted by Gasteiger charge is -2.21. The second kappa shape index (κ2) is 14.3. The lowest BCUT2D eigenvalue weighted by atomic mass is 9.98. The minimum absolute atomic E-state index is 0.163. The maximum absolute atomic E-state index is 13.1. The summed E-state index contributed by atoms with van der Waals surface area (Å²) < 4.78 is 24.6. The third-order valence-corrected chi connectivity index (χ3v) is 8.91. The van der Waals surface area contributed by atoms with Gasteiger partial charge in [-0.15, -0.1) is 0 Å². The van der Waals surface area contributed by atoms with Gasteiger partial charge in [-0.25, -0.2) is 9.59 Å². The summed E-state index contributed by atoms with van der Waals surface area (Å²) >= 11 is 0. The van der Waals surface area contributed by atoms with Crippen LogP contribution in [0.3, 0.4) is 0 Å². The van der Waals surface area contributed by atoms with E-state index in [-0.39, 0.29) is 13.2 Å². The van der Waals surface area contributed by atoms with Crippen molar-refractivity contribution in [1.29, 1.82) is 0 Å². The quantitative estimate of drug-likeness (QED) is 0.101. The number of hydrogen-bond acceptors (Lipinski definition) is 6. The van der Waals surface area contributed by atoms with Crippen molar-refractivity contribution in [1.82, 2.24) is 0 Å². The van der Waals surface area contributed by atoms with Crippen LogP contribution in [-0.2, 0) is 15.9 Å². The Balaban J connectivity index is 1.10. The van der Waals surface area contributed by atoms with E-state index in [0.29, 0.717) is 22.6 Å². The average Bonchev–Trinajstić information content (AvgIpc) is 3.15. The van der Waals surface area contributed by atoms with E-state index >= 15 is 0 Å². The van der Waals surface area contributed by atoms with E-state index in [0.717, 1.165) is 55.1 Å². The Morgan fingerprint density at radius 3 is 1.44 bits per heavy atom. The molecule has 0 heterocycles. The zero-order valence-electron chi connectivity index (χ0n) is 28.3. The standard InChI is InChI=1S/C44H38O6/c1-4-30-17-22-39-40(23-30)42(48-27-29(3)50-44(46)36-21-19-32-12-6-8-14-34(32)25-36)38-16-10-9-15-37(38)41(39)47-26-28(2)49-43(45)35-20-18-31-11-5-7-13-33(31)24-35/h5-25,28-29H,4,26-27H2,1-3H3. The molecule has 2 atom stereocenters. The maximum atomic E-state index is 13.1. The number of carbonyl (C=O) groups excluding carboxylic acids is 2. The van der Waals surface area contributed by atoms with Crippen LogP contribution < -0.4 is 9.47 Å². The van der Waals surface area contributed by atoms with Crippen LogP contribution in [0.25, 0.3) is 43.1 Å². The molecule has 0 aliphatic heterocycles. The molecule has 0 saturated heterocycles. The first-order valence-electron chi connectivity index (χ1n) is 17.0. The minimum atomic E-state index is -0.508. The Morgan fingerprint density at radius 2 is 0.940 bits per heavy atom. The third kappa shape index (κ3) is 6.83. The summed E-state index contributed by atoms with van der Waals surface area (Å²) in [5.41, 5.74) is 2.15. The van der Waals surface area contributed by atoms with Gasteiger partial charge in [-0.05, 0) is 77.7 Å². The van der Waals surface area contributed by atoms with Gasteiger partial charge in [0, 0.05) is 21.5 Å². The van der Waals surface area contributed by atoms with Gasteiger partial charge in [0.25, 0.3) is 0 Å². The first kappa shape index (κ1) is 32.7. The lowest BCUT2D eigenvalue weighted by Crippen LogP contribution is -2.22.